The molecule has 0 radical (unpaired) electrons. The Morgan fingerprint density at radius 2 is 1.96 bits per heavy atom. The van der Waals surface area contributed by atoms with E-state index in [0.717, 1.165) is 62.5 Å². The van der Waals surface area contributed by atoms with Gasteiger partial charge in [-0.05, 0) is 49.8 Å². The first-order chi connectivity index (χ1) is 12.7. The van der Waals surface area contributed by atoms with Gasteiger partial charge in [0.1, 0.15) is 0 Å². The van der Waals surface area contributed by atoms with Crippen LogP contribution < -0.4 is 10.6 Å². The fourth-order valence-electron chi connectivity index (χ4n) is 3.69. The predicted octanol–water partition coefficient (Wildman–Crippen LogP) is 3.77. The zero-order valence-corrected chi connectivity index (χ0v) is 20.0. The van der Waals surface area contributed by atoms with Gasteiger partial charge in [-0.2, -0.15) is 0 Å². The van der Waals surface area contributed by atoms with Gasteiger partial charge in [-0.3, -0.25) is 9.89 Å². The molecule has 2 saturated heterocycles. The summed E-state index contributed by atoms with van der Waals surface area (Å²) < 4.78 is 6.82. The molecule has 1 atom stereocenters. The van der Waals surface area contributed by atoms with Crippen LogP contribution in [0.25, 0.3) is 0 Å². The maximum Gasteiger partial charge on any atom is 0.191 e. The molecule has 1 aromatic rings. The fourth-order valence-corrected chi connectivity index (χ4v) is 3.96. The molecule has 27 heavy (non-hydrogen) atoms. The van der Waals surface area contributed by atoms with Crippen molar-refractivity contribution in [1.29, 1.82) is 0 Å². The number of guanidine groups is 1. The first kappa shape index (κ1) is 22.9. The molecule has 1 unspecified atom stereocenters. The number of hydrogen-bond acceptors (Lipinski definition) is 3. The fraction of sp³-hybridized carbons (Fsp3) is 0.650. The number of likely N-dealkylation sites (tertiary alicyclic amines) is 1. The molecular weight excluding hydrogens is 519 g/mol. The van der Waals surface area contributed by atoms with Crippen LogP contribution in [0.3, 0.4) is 0 Å². The van der Waals surface area contributed by atoms with Gasteiger partial charge in [0.15, 0.2) is 5.96 Å². The molecule has 0 aromatic heterocycles. The number of nitrogens with one attached hydrogen (secondary N) is 2. The van der Waals surface area contributed by atoms with Gasteiger partial charge < -0.3 is 15.4 Å². The third-order valence-corrected chi connectivity index (χ3v) is 5.78. The third-order valence-electron chi connectivity index (χ3n) is 5.25. The molecule has 2 N–H and O–H groups in total. The Bertz CT molecular complexity index is 570. The Hall–Kier alpha value is -0.380. The van der Waals surface area contributed by atoms with Crippen molar-refractivity contribution in [2.45, 2.75) is 50.8 Å². The van der Waals surface area contributed by atoms with Crippen molar-refractivity contribution in [2.75, 3.05) is 33.3 Å². The molecule has 7 heteroatoms. The molecule has 2 aliphatic heterocycles. The summed E-state index contributed by atoms with van der Waals surface area (Å²) in [4.78, 5) is 6.91. The quantitative estimate of drug-likeness (QED) is 0.322. The van der Waals surface area contributed by atoms with E-state index in [-0.39, 0.29) is 24.0 Å². The summed E-state index contributed by atoms with van der Waals surface area (Å²) in [5, 5.41) is 7.03. The molecule has 0 amide bonds. The monoisotopic (exact) mass is 550 g/mol. The molecule has 2 aliphatic rings. The number of benzene rings is 1. The van der Waals surface area contributed by atoms with Gasteiger partial charge >= 0.3 is 0 Å². The predicted molar refractivity (Wildman–Crippen MR) is 126 cm³/mol. The molecule has 0 saturated carbocycles. The molecular formula is C20H32BrIN4O. The van der Waals surface area contributed by atoms with Crippen LogP contribution in [0, 0.1) is 0 Å². The summed E-state index contributed by atoms with van der Waals surface area (Å²) in [6.07, 6.45) is 6.21. The second-order valence-corrected chi connectivity index (χ2v) is 8.16. The minimum Gasteiger partial charge on any atom is -0.378 e. The molecule has 1 aromatic carbocycles. The number of ether oxygens (including phenoxy) is 1. The minimum atomic E-state index is 0. The van der Waals surface area contributed by atoms with Crippen molar-refractivity contribution in [3.63, 3.8) is 0 Å². The lowest BCUT2D eigenvalue weighted by Gasteiger charge is -2.33. The lowest BCUT2D eigenvalue weighted by Crippen LogP contribution is -2.48. The van der Waals surface area contributed by atoms with Crippen LogP contribution in [0.1, 0.15) is 37.7 Å². The molecule has 0 bridgehead atoms. The van der Waals surface area contributed by atoms with E-state index in [4.69, 9.17) is 4.74 Å². The molecule has 0 aliphatic carbocycles. The van der Waals surface area contributed by atoms with E-state index >= 15 is 0 Å². The van der Waals surface area contributed by atoms with Crippen LogP contribution in [0.4, 0.5) is 0 Å². The van der Waals surface area contributed by atoms with Crippen LogP contribution in [-0.4, -0.2) is 56.3 Å². The summed E-state index contributed by atoms with van der Waals surface area (Å²) in [7, 11) is 1.85. The highest BCUT2D eigenvalue weighted by atomic mass is 127. The average Bonchev–Trinajstić information content (AvgIpc) is 3.18. The standard InChI is InChI=1S/C20H31BrN4O.HI/c1-22-20(23-11-8-19-3-2-14-26-19)24-18-9-12-25(13-10-18)15-16-4-6-17(21)7-5-16;/h4-7,18-19H,2-3,8-15H2,1H3,(H2,22,23,24);1H. The Morgan fingerprint density at radius 3 is 2.59 bits per heavy atom. The number of piperidine rings is 1. The van der Waals surface area contributed by atoms with Crippen LogP contribution in [0.2, 0.25) is 0 Å². The second-order valence-electron chi connectivity index (χ2n) is 7.24. The van der Waals surface area contributed by atoms with E-state index < -0.39 is 0 Å². The maximum atomic E-state index is 5.68. The molecule has 0 spiro atoms. The normalized spacial score (nSPS) is 21.7. The number of halogens is 2. The second kappa shape index (κ2) is 12.2. The summed E-state index contributed by atoms with van der Waals surface area (Å²) >= 11 is 3.50. The molecule has 3 rings (SSSR count). The van der Waals surface area contributed by atoms with Crippen LogP contribution in [-0.2, 0) is 11.3 Å². The number of rotatable bonds is 6. The summed E-state index contributed by atoms with van der Waals surface area (Å²) in [6.45, 7) is 5.14. The van der Waals surface area contributed by atoms with Crippen molar-refractivity contribution in [3.8, 4) is 0 Å². The Balaban J connectivity index is 0.00000261. The van der Waals surface area contributed by atoms with Crippen molar-refractivity contribution in [2.24, 2.45) is 4.99 Å². The average molecular weight is 551 g/mol. The molecule has 2 fully saturated rings. The van der Waals surface area contributed by atoms with E-state index in [9.17, 15) is 0 Å². The van der Waals surface area contributed by atoms with Gasteiger partial charge in [-0.25, -0.2) is 0 Å². The largest absolute Gasteiger partial charge is 0.378 e. The number of hydrogen-bond donors (Lipinski definition) is 2. The molecule has 5 nitrogen and oxygen atoms in total. The summed E-state index contributed by atoms with van der Waals surface area (Å²) in [5.41, 5.74) is 1.38. The topological polar surface area (TPSA) is 48.9 Å². The lowest BCUT2D eigenvalue weighted by atomic mass is 10.0. The minimum absolute atomic E-state index is 0. The Morgan fingerprint density at radius 1 is 1.22 bits per heavy atom. The lowest BCUT2D eigenvalue weighted by molar-refractivity contribution is 0.105. The Labute approximate surface area is 188 Å². The van der Waals surface area contributed by atoms with Crippen molar-refractivity contribution >= 4 is 45.9 Å². The van der Waals surface area contributed by atoms with Gasteiger partial charge in [0.2, 0.25) is 0 Å². The zero-order valence-electron chi connectivity index (χ0n) is 16.1. The van der Waals surface area contributed by atoms with Crippen LogP contribution in [0.15, 0.2) is 33.7 Å². The molecule has 2 heterocycles. The number of nitrogens with zero attached hydrogens (tertiary/aromatic N) is 2. The first-order valence-electron chi connectivity index (χ1n) is 9.78. The van der Waals surface area contributed by atoms with Gasteiger partial charge in [0, 0.05) is 50.3 Å². The first-order valence-corrected chi connectivity index (χ1v) is 10.6. The third kappa shape index (κ3) is 7.87. The van der Waals surface area contributed by atoms with E-state index in [1.54, 1.807) is 0 Å². The van der Waals surface area contributed by atoms with Gasteiger partial charge in [0.05, 0.1) is 6.10 Å². The Kier molecular flexibility index (Phi) is 10.4. The summed E-state index contributed by atoms with van der Waals surface area (Å²) in [6, 6.07) is 9.15. The van der Waals surface area contributed by atoms with Crippen molar-refractivity contribution < 1.29 is 4.74 Å². The SMILES string of the molecule is CN=C(NCCC1CCCO1)NC1CCN(Cc2ccc(Br)cc2)CC1.I. The van der Waals surface area contributed by atoms with E-state index in [1.807, 2.05) is 7.05 Å². The highest BCUT2D eigenvalue weighted by Gasteiger charge is 2.20. The van der Waals surface area contributed by atoms with Crippen LogP contribution in [0.5, 0.6) is 0 Å². The van der Waals surface area contributed by atoms with E-state index in [0.29, 0.717) is 12.1 Å². The highest BCUT2D eigenvalue weighted by Crippen LogP contribution is 2.16. The smallest absolute Gasteiger partial charge is 0.191 e. The summed E-state index contributed by atoms with van der Waals surface area (Å²) in [5.74, 6) is 0.925. The number of aliphatic imine (C=N–C) groups is 1. The van der Waals surface area contributed by atoms with Gasteiger partial charge in [-0.15, -0.1) is 24.0 Å². The van der Waals surface area contributed by atoms with Gasteiger partial charge in [-0.1, -0.05) is 28.1 Å². The van der Waals surface area contributed by atoms with Crippen molar-refractivity contribution in [3.05, 3.63) is 34.3 Å². The van der Waals surface area contributed by atoms with E-state index in [2.05, 4.69) is 60.7 Å². The zero-order chi connectivity index (χ0) is 18.2. The van der Waals surface area contributed by atoms with Crippen molar-refractivity contribution in [1.82, 2.24) is 15.5 Å². The molecule has 152 valence electrons. The van der Waals surface area contributed by atoms with Crippen LogP contribution >= 0.6 is 39.9 Å². The highest BCUT2D eigenvalue weighted by molar-refractivity contribution is 14.0. The maximum absolute atomic E-state index is 5.68. The van der Waals surface area contributed by atoms with E-state index in [1.165, 1.54) is 18.4 Å². The van der Waals surface area contributed by atoms with Gasteiger partial charge in [0.25, 0.3) is 0 Å².